The Kier molecular flexibility index (Phi) is 4.74. The van der Waals surface area contributed by atoms with Crippen molar-refractivity contribution < 1.29 is 9.53 Å². The van der Waals surface area contributed by atoms with Gasteiger partial charge < -0.3 is 14.5 Å². The summed E-state index contributed by atoms with van der Waals surface area (Å²) < 4.78 is 5.51. The van der Waals surface area contributed by atoms with E-state index in [1.54, 1.807) is 7.11 Å². The number of aromatic nitrogens is 1. The van der Waals surface area contributed by atoms with E-state index in [9.17, 15) is 4.79 Å². The second kappa shape index (κ2) is 6.75. The highest BCUT2D eigenvalue weighted by Gasteiger charge is 2.37. The summed E-state index contributed by atoms with van der Waals surface area (Å²) in [7, 11) is 1.73. The van der Waals surface area contributed by atoms with Crippen LogP contribution in [0.4, 0.5) is 0 Å². The Morgan fingerprint density at radius 2 is 2.14 bits per heavy atom. The molecule has 2 atom stereocenters. The lowest BCUT2D eigenvalue weighted by Crippen LogP contribution is -2.43. The zero-order valence-electron chi connectivity index (χ0n) is 13.5. The van der Waals surface area contributed by atoms with Crippen molar-refractivity contribution in [3.05, 3.63) is 29.6 Å². The molecule has 0 unspecified atom stereocenters. The molecule has 0 aromatic carbocycles. The first-order valence-electron chi connectivity index (χ1n) is 8.17. The van der Waals surface area contributed by atoms with Crippen LogP contribution in [0.1, 0.15) is 35.4 Å². The lowest BCUT2D eigenvalue weighted by Gasteiger charge is -2.28. The Morgan fingerprint density at radius 1 is 1.36 bits per heavy atom. The van der Waals surface area contributed by atoms with Crippen LogP contribution in [0.2, 0.25) is 0 Å². The summed E-state index contributed by atoms with van der Waals surface area (Å²) in [6.07, 6.45) is 3.60. The van der Waals surface area contributed by atoms with Crippen molar-refractivity contribution in [2.45, 2.75) is 38.3 Å². The molecule has 0 N–H and O–H groups in total. The highest BCUT2D eigenvalue weighted by atomic mass is 16.5. The normalized spacial score (nSPS) is 25.8. The summed E-state index contributed by atoms with van der Waals surface area (Å²) in [4.78, 5) is 21.7. The number of ether oxygens (including phenoxy) is 1. The third-order valence-electron chi connectivity index (χ3n) is 4.75. The fourth-order valence-electron chi connectivity index (χ4n) is 3.54. The van der Waals surface area contributed by atoms with Crippen LogP contribution in [0.5, 0.6) is 0 Å². The molecule has 1 aromatic rings. The number of carbonyl (C=O) groups is 1. The van der Waals surface area contributed by atoms with Gasteiger partial charge in [-0.15, -0.1) is 0 Å². The number of rotatable bonds is 4. The molecule has 1 amide bonds. The minimum Gasteiger partial charge on any atom is -0.380 e. The first-order valence-corrected chi connectivity index (χ1v) is 8.17. The molecule has 3 heterocycles. The van der Waals surface area contributed by atoms with Gasteiger partial charge in [-0.3, -0.25) is 4.79 Å². The standard InChI is InChI=1S/C17H25N3O2/c1-13-6-5-7-16(18-13)17(21)20-12-15(22-2)10-14(20)11-19-8-3-4-9-19/h5-7,14-15H,3-4,8-12H2,1-2H3/t14-,15-/m0/s1. The van der Waals surface area contributed by atoms with Crippen LogP contribution in [-0.4, -0.2) is 66.1 Å². The maximum Gasteiger partial charge on any atom is 0.272 e. The average molecular weight is 303 g/mol. The number of carbonyl (C=O) groups excluding carboxylic acids is 1. The fourth-order valence-corrected chi connectivity index (χ4v) is 3.54. The van der Waals surface area contributed by atoms with Crippen LogP contribution in [-0.2, 0) is 4.74 Å². The van der Waals surface area contributed by atoms with Crippen molar-refractivity contribution in [3.63, 3.8) is 0 Å². The van der Waals surface area contributed by atoms with Crippen molar-refractivity contribution in [2.75, 3.05) is 33.3 Å². The molecule has 120 valence electrons. The SMILES string of the molecule is CO[C@H]1C[C@@H](CN2CCCC2)N(C(=O)c2cccc(C)n2)C1. The number of amides is 1. The Morgan fingerprint density at radius 3 is 2.82 bits per heavy atom. The second-order valence-electron chi connectivity index (χ2n) is 6.38. The van der Waals surface area contributed by atoms with E-state index in [-0.39, 0.29) is 18.1 Å². The molecule has 3 rings (SSSR count). The van der Waals surface area contributed by atoms with Gasteiger partial charge >= 0.3 is 0 Å². The minimum absolute atomic E-state index is 0.0347. The van der Waals surface area contributed by atoms with Gasteiger partial charge in [-0.25, -0.2) is 4.98 Å². The molecule has 22 heavy (non-hydrogen) atoms. The summed E-state index contributed by atoms with van der Waals surface area (Å²) in [5.74, 6) is 0.0347. The molecular formula is C17H25N3O2. The summed E-state index contributed by atoms with van der Waals surface area (Å²) in [6.45, 7) is 5.85. The zero-order chi connectivity index (χ0) is 15.5. The predicted molar refractivity (Wildman–Crippen MR) is 84.9 cm³/mol. The molecule has 0 aliphatic carbocycles. The lowest BCUT2D eigenvalue weighted by atomic mass is 10.2. The number of aryl methyl sites for hydroxylation is 1. The molecular weight excluding hydrogens is 278 g/mol. The highest BCUT2D eigenvalue weighted by Crippen LogP contribution is 2.24. The van der Waals surface area contributed by atoms with Crippen LogP contribution >= 0.6 is 0 Å². The fraction of sp³-hybridized carbons (Fsp3) is 0.647. The largest absolute Gasteiger partial charge is 0.380 e. The monoisotopic (exact) mass is 303 g/mol. The maximum absolute atomic E-state index is 12.8. The van der Waals surface area contributed by atoms with Crippen LogP contribution in [0.3, 0.4) is 0 Å². The quantitative estimate of drug-likeness (QED) is 0.849. The lowest BCUT2D eigenvalue weighted by molar-refractivity contribution is 0.0664. The molecule has 2 saturated heterocycles. The van der Waals surface area contributed by atoms with Crippen molar-refractivity contribution in [3.8, 4) is 0 Å². The molecule has 1 aromatic heterocycles. The molecule has 2 aliphatic rings. The van der Waals surface area contributed by atoms with Gasteiger partial charge in [0.2, 0.25) is 0 Å². The first-order chi connectivity index (χ1) is 10.7. The Hall–Kier alpha value is -1.46. The van der Waals surface area contributed by atoms with E-state index in [0.29, 0.717) is 12.2 Å². The molecule has 0 bridgehead atoms. The summed E-state index contributed by atoms with van der Waals surface area (Å²) in [6, 6.07) is 5.86. The molecule has 2 aliphatic heterocycles. The maximum atomic E-state index is 12.8. The van der Waals surface area contributed by atoms with Gasteiger partial charge in [-0.05, 0) is 51.4 Å². The van der Waals surface area contributed by atoms with Gasteiger partial charge in [0.05, 0.1) is 6.10 Å². The zero-order valence-corrected chi connectivity index (χ0v) is 13.5. The van der Waals surface area contributed by atoms with Gasteiger partial charge in [0, 0.05) is 31.9 Å². The third-order valence-corrected chi connectivity index (χ3v) is 4.75. The van der Waals surface area contributed by atoms with Gasteiger partial charge in [-0.1, -0.05) is 6.07 Å². The van der Waals surface area contributed by atoms with Crippen LogP contribution in [0.15, 0.2) is 18.2 Å². The van der Waals surface area contributed by atoms with Crippen molar-refractivity contribution in [1.82, 2.24) is 14.8 Å². The number of methoxy groups -OCH3 is 1. The van der Waals surface area contributed by atoms with E-state index < -0.39 is 0 Å². The van der Waals surface area contributed by atoms with Gasteiger partial charge in [0.25, 0.3) is 5.91 Å². The first kappa shape index (κ1) is 15.4. The molecule has 0 saturated carbocycles. The summed E-state index contributed by atoms with van der Waals surface area (Å²) in [5.41, 5.74) is 1.42. The van der Waals surface area contributed by atoms with Crippen molar-refractivity contribution >= 4 is 5.91 Å². The van der Waals surface area contributed by atoms with E-state index >= 15 is 0 Å². The molecule has 2 fully saturated rings. The topological polar surface area (TPSA) is 45.7 Å². The predicted octanol–water partition coefficient (Wildman–Crippen LogP) is 1.72. The third kappa shape index (κ3) is 3.31. The molecule has 0 radical (unpaired) electrons. The molecule has 5 nitrogen and oxygen atoms in total. The van der Waals surface area contributed by atoms with Crippen molar-refractivity contribution in [1.29, 1.82) is 0 Å². The summed E-state index contributed by atoms with van der Waals surface area (Å²) >= 11 is 0. The van der Waals surface area contributed by atoms with Crippen LogP contribution in [0.25, 0.3) is 0 Å². The van der Waals surface area contributed by atoms with E-state index in [1.807, 2.05) is 30.0 Å². The van der Waals surface area contributed by atoms with Gasteiger partial charge in [-0.2, -0.15) is 0 Å². The highest BCUT2D eigenvalue weighted by molar-refractivity contribution is 5.92. The Bertz CT molecular complexity index is 528. The average Bonchev–Trinajstić information content (AvgIpc) is 3.16. The van der Waals surface area contributed by atoms with Crippen LogP contribution < -0.4 is 0 Å². The van der Waals surface area contributed by atoms with Gasteiger partial charge in [0.1, 0.15) is 5.69 Å². The number of hydrogen-bond acceptors (Lipinski definition) is 4. The van der Waals surface area contributed by atoms with Gasteiger partial charge in [0.15, 0.2) is 0 Å². The molecule has 5 heteroatoms. The number of likely N-dealkylation sites (tertiary alicyclic amines) is 2. The second-order valence-corrected chi connectivity index (χ2v) is 6.38. The minimum atomic E-state index is 0.0347. The smallest absolute Gasteiger partial charge is 0.272 e. The molecule has 0 spiro atoms. The number of pyridine rings is 1. The Balaban J connectivity index is 1.74. The van der Waals surface area contributed by atoms with Crippen molar-refractivity contribution in [2.24, 2.45) is 0 Å². The number of hydrogen-bond donors (Lipinski definition) is 0. The Labute approximate surface area is 132 Å². The van der Waals surface area contributed by atoms with E-state index in [1.165, 1.54) is 12.8 Å². The van der Waals surface area contributed by atoms with E-state index in [2.05, 4.69) is 9.88 Å². The van der Waals surface area contributed by atoms with E-state index in [4.69, 9.17) is 4.74 Å². The number of nitrogens with zero attached hydrogens (tertiary/aromatic N) is 3. The van der Waals surface area contributed by atoms with E-state index in [0.717, 1.165) is 31.7 Å². The van der Waals surface area contributed by atoms with Crippen LogP contribution in [0, 0.1) is 6.92 Å². The summed E-state index contributed by atoms with van der Waals surface area (Å²) in [5, 5.41) is 0.